The number of aromatic nitrogens is 2. The predicted octanol–water partition coefficient (Wildman–Crippen LogP) is 12.5. The molecule has 0 fully saturated rings. The molecule has 252 valence electrons. The van der Waals surface area contributed by atoms with Crippen LogP contribution in [-0.2, 0) is 0 Å². The highest BCUT2D eigenvalue weighted by molar-refractivity contribution is 6.28. The summed E-state index contributed by atoms with van der Waals surface area (Å²) >= 11 is 0. The van der Waals surface area contributed by atoms with Gasteiger partial charge < -0.3 is 14.5 Å². The van der Waals surface area contributed by atoms with Crippen molar-refractivity contribution in [2.75, 3.05) is 23.0 Å². The summed E-state index contributed by atoms with van der Waals surface area (Å²) < 4.78 is 9.04. The average molecular weight is 683 g/mol. The van der Waals surface area contributed by atoms with E-state index in [1.54, 1.807) is 0 Å². The van der Waals surface area contributed by atoms with Crippen LogP contribution in [0.2, 0.25) is 0 Å². The van der Waals surface area contributed by atoms with Gasteiger partial charge in [0.05, 0.1) is 34.6 Å². The molecule has 1 aliphatic heterocycles. The van der Waals surface area contributed by atoms with Crippen molar-refractivity contribution in [2.24, 2.45) is 0 Å². The first-order valence-corrected chi connectivity index (χ1v) is 18.3. The lowest BCUT2D eigenvalue weighted by Gasteiger charge is -2.21. The van der Waals surface area contributed by atoms with Crippen molar-refractivity contribution in [1.29, 1.82) is 0 Å². The predicted molar refractivity (Wildman–Crippen MR) is 222 cm³/mol. The molecule has 0 unspecified atom stereocenters. The molecule has 5 nitrogen and oxygen atoms in total. The lowest BCUT2D eigenvalue weighted by atomic mass is 9.95. The number of pyridine rings is 1. The highest BCUT2D eigenvalue weighted by atomic mass is 16.5. The quantitative estimate of drug-likeness (QED) is 0.169. The molecule has 0 bridgehead atoms. The number of hydrogen-bond acceptors (Lipinski definition) is 4. The lowest BCUT2D eigenvalue weighted by molar-refractivity contribution is 0.483. The number of fused-ring (bicyclic) bond motifs is 11. The Kier molecular flexibility index (Phi) is 6.52. The van der Waals surface area contributed by atoms with E-state index in [-0.39, 0.29) is 0 Å². The van der Waals surface area contributed by atoms with E-state index in [4.69, 9.17) is 9.72 Å². The Bertz CT molecular complexity index is 3090. The number of para-hydroxylation sites is 3. The maximum absolute atomic E-state index is 6.70. The van der Waals surface area contributed by atoms with Gasteiger partial charge in [-0.2, -0.15) is 0 Å². The van der Waals surface area contributed by atoms with Gasteiger partial charge in [-0.1, -0.05) is 97.1 Å². The number of anilines is 3. The van der Waals surface area contributed by atoms with E-state index in [0.717, 1.165) is 63.5 Å². The second-order valence-corrected chi connectivity index (χ2v) is 13.9. The number of rotatable bonds is 5. The zero-order valence-corrected chi connectivity index (χ0v) is 29.2. The highest BCUT2D eigenvalue weighted by Gasteiger charge is 2.26. The first kappa shape index (κ1) is 29.8. The minimum absolute atomic E-state index is 0.775. The van der Waals surface area contributed by atoms with Crippen LogP contribution < -0.4 is 14.5 Å². The average Bonchev–Trinajstić information content (AvgIpc) is 3.76. The van der Waals surface area contributed by atoms with E-state index in [1.807, 2.05) is 6.07 Å². The van der Waals surface area contributed by atoms with Gasteiger partial charge in [-0.3, -0.25) is 4.57 Å². The lowest BCUT2D eigenvalue weighted by Crippen LogP contribution is -2.27. The molecule has 0 atom stereocenters. The Morgan fingerprint density at radius 2 is 1.19 bits per heavy atom. The van der Waals surface area contributed by atoms with Gasteiger partial charge in [0.2, 0.25) is 0 Å². The van der Waals surface area contributed by atoms with Crippen molar-refractivity contribution in [3.63, 3.8) is 0 Å². The van der Waals surface area contributed by atoms with E-state index in [2.05, 4.69) is 179 Å². The van der Waals surface area contributed by atoms with Gasteiger partial charge in [-0.05, 0) is 83.1 Å². The molecular weight excluding hydrogens is 649 g/mol. The third-order valence-corrected chi connectivity index (χ3v) is 11.0. The van der Waals surface area contributed by atoms with Crippen molar-refractivity contribution < 1.29 is 4.74 Å². The zero-order valence-electron chi connectivity index (χ0n) is 29.2. The van der Waals surface area contributed by atoms with Gasteiger partial charge >= 0.3 is 0 Å². The molecule has 1 aliphatic rings. The van der Waals surface area contributed by atoms with Crippen molar-refractivity contribution >= 4 is 82.1 Å². The van der Waals surface area contributed by atoms with Crippen LogP contribution in [0, 0.1) is 0 Å². The largest absolute Gasteiger partial charge is 0.457 e. The molecular formula is C48H34N4O. The van der Waals surface area contributed by atoms with E-state index >= 15 is 0 Å². The third kappa shape index (κ3) is 4.54. The molecule has 53 heavy (non-hydrogen) atoms. The maximum Gasteiger partial charge on any atom is 0.146 e. The molecule has 10 aromatic rings. The smallest absolute Gasteiger partial charge is 0.146 e. The van der Waals surface area contributed by atoms with E-state index in [1.165, 1.54) is 49.1 Å². The molecule has 0 N–H and O–H groups in total. The minimum atomic E-state index is 0.775. The first-order valence-electron chi connectivity index (χ1n) is 18.3. The molecule has 0 amide bonds. The van der Waals surface area contributed by atoms with Crippen LogP contribution in [0.15, 0.2) is 164 Å². The molecule has 11 rings (SSSR count). The van der Waals surface area contributed by atoms with Crippen LogP contribution in [0.1, 0.15) is 6.92 Å². The van der Waals surface area contributed by atoms with E-state index < -0.39 is 0 Å². The second kappa shape index (κ2) is 11.6. The van der Waals surface area contributed by atoms with Crippen molar-refractivity contribution in [3.05, 3.63) is 164 Å². The summed E-state index contributed by atoms with van der Waals surface area (Å²) in [5.41, 5.74) is 6.71. The summed E-state index contributed by atoms with van der Waals surface area (Å²) in [6, 6.07) is 58.3. The topological polar surface area (TPSA) is 33.5 Å². The Morgan fingerprint density at radius 3 is 2.02 bits per heavy atom. The third-order valence-electron chi connectivity index (χ3n) is 11.0. The molecule has 0 aliphatic carbocycles. The second-order valence-electron chi connectivity index (χ2n) is 13.9. The van der Waals surface area contributed by atoms with Gasteiger partial charge in [0.1, 0.15) is 17.3 Å². The fourth-order valence-corrected chi connectivity index (χ4v) is 8.55. The summed E-state index contributed by atoms with van der Waals surface area (Å²) in [5, 5.41) is 10.7. The summed E-state index contributed by atoms with van der Waals surface area (Å²) in [5.74, 6) is 2.48. The number of nitrogens with zero attached hydrogens (tertiary/aromatic N) is 4. The van der Waals surface area contributed by atoms with Crippen molar-refractivity contribution in [3.8, 4) is 17.3 Å². The monoisotopic (exact) mass is 682 g/mol. The van der Waals surface area contributed by atoms with Gasteiger partial charge in [-0.15, -0.1) is 0 Å². The summed E-state index contributed by atoms with van der Waals surface area (Å²) in [6.45, 7) is 3.96. The van der Waals surface area contributed by atoms with Gasteiger partial charge in [0.15, 0.2) is 0 Å². The Balaban J connectivity index is 1.11. The van der Waals surface area contributed by atoms with Crippen LogP contribution in [0.4, 0.5) is 17.1 Å². The maximum atomic E-state index is 6.70. The zero-order chi connectivity index (χ0) is 35.0. The molecule has 0 saturated carbocycles. The normalized spacial score (nSPS) is 12.9. The number of hydrogen-bond donors (Lipinski definition) is 0. The first-order chi connectivity index (χ1) is 26.2. The number of ether oxygens (including phenoxy) is 1. The minimum Gasteiger partial charge on any atom is -0.457 e. The fourth-order valence-electron chi connectivity index (χ4n) is 8.55. The van der Waals surface area contributed by atoms with Gasteiger partial charge in [0.25, 0.3) is 0 Å². The molecule has 5 heteroatoms. The highest BCUT2D eigenvalue weighted by Crippen LogP contribution is 2.43. The van der Waals surface area contributed by atoms with Gasteiger partial charge in [0, 0.05) is 51.3 Å². The summed E-state index contributed by atoms with van der Waals surface area (Å²) in [7, 11) is 0. The standard InChI is InChI=1S/C48H34N4O/c1-2-50-30-51(44-21-10-9-20-43(44)50)33-14-11-15-34(28-33)53-35-24-26-39-38-18-7-8-19-42(38)52(45(39)29-35)48-40-25-22-31-12-3-5-16-36(31)46(40)47-37-17-6-4-13-32(37)23-27-41(47)49-48/h3-29H,2,30H2,1H3. The molecule has 0 saturated heterocycles. The summed E-state index contributed by atoms with van der Waals surface area (Å²) in [6.07, 6.45) is 0. The SMILES string of the molecule is CCN1CN(c2cccc(Oc3ccc4c5ccccc5n(-c5nc6ccc7ccccc7c6c6c5ccc5ccccc56)c4c3)c2)c2ccccc21. The Labute approximate surface area is 306 Å². The Hall–Kier alpha value is -6.85. The van der Waals surface area contributed by atoms with E-state index in [9.17, 15) is 0 Å². The Morgan fingerprint density at radius 1 is 0.528 bits per heavy atom. The number of benzene rings is 8. The van der Waals surface area contributed by atoms with Crippen LogP contribution in [0.5, 0.6) is 11.5 Å². The van der Waals surface area contributed by atoms with Gasteiger partial charge in [-0.25, -0.2) is 4.98 Å². The van der Waals surface area contributed by atoms with Crippen molar-refractivity contribution in [1.82, 2.24) is 9.55 Å². The fraction of sp³-hybridized carbons (Fsp3) is 0.0625. The van der Waals surface area contributed by atoms with Crippen molar-refractivity contribution in [2.45, 2.75) is 6.92 Å². The summed E-state index contributed by atoms with van der Waals surface area (Å²) in [4.78, 5) is 10.3. The van der Waals surface area contributed by atoms with Crippen LogP contribution in [0.25, 0.3) is 70.8 Å². The molecule has 3 heterocycles. The van der Waals surface area contributed by atoms with Crippen LogP contribution in [0.3, 0.4) is 0 Å². The van der Waals surface area contributed by atoms with Crippen LogP contribution in [-0.4, -0.2) is 22.8 Å². The van der Waals surface area contributed by atoms with E-state index in [0.29, 0.717) is 0 Å². The molecule has 8 aromatic carbocycles. The molecule has 0 spiro atoms. The molecule has 0 radical (unpaired) electrons. The molecule has 2 aromatic heterocycles. The van der Waals surface area contributed by atoms with Crippen LogP contribution >= 0.6 is 0 Å².